The second-order valence-electron chi connectivity index (χ2n) is 4.04. The van der Waals surface area contributed by atoms with Crippen LogP contribution in [0, 0.1) is 17.5 Å². The van der Waals surface area contributed by atoms with Gasteiger partial charge >= 0.3 is 0 Å². The van der Waals surface area contributed by atoms with Crippen molar-refractivity contribution in [3.05, 3.63) is 69.4 Å². The van der Waals surface area contributed by atoms with Crippen LogP contribution < -0.4 is 5.32 Å². The third-order valence-electron chi connectivity index (χ3n) is 2.62. The molecule has 0 saturated carbocycles. The molecule has 104 valence electrons. The van der Waals surface area contributed by atoms with Crippen LogP contribution in [0.1, 0.15) is 15.9 Å². The fourth-order valence-corrected chi connectivity index (χ4v) is 2.03. The second-order valence-corrected chi connectivity index (χ2v) is 4.96. The molecule has 0 fully saturated rings. The van der Waals surface area contributed by atoms with E-state index in [1.165, 1.54) is 18.2 Å². The van der Waals surface area contributed by atoms with Gasteiger partial charge in [0.2, 0.25) is 0 Å². The van der Waals surface area contributed by atoms with E-state index < -0.39 is 23.4 Å². The fourth-order valence-electron chi connectivity index (χ4n) is 1.62. The molecule has 0 heterocycles. The topological polar surface area (TPSA) is 29.1 Å². The summed E-state index contributed by atoms with van der Waals surface area (Å²) in [5.41, 5.74) is -0.0305. The first-order chi connectivity index (χ1) is 9.47. The van der Waals surface area contributed by atoms with Crippen molar-refractivity contribution < 1.29 is 18.0 Å². The smallest absolute Gasteiger partial charge is 0.254 e. The average molecular weight is 344 g/mol. The maximum Gasteiger partial charge on any atom is 0.254 e. The fraction of sp³-hybridized carbons (Fsp3) is 0.0714. The molecular weight excluding hydrogens is 335 g/mol. The van der Waals surface area contributed by atoms with Crippen molar-refractivity contribution in [3.8, 4) is 0 Å². The molecule has 2 rings (SSSR count). The third-order valence-corrected chi connectivity index (χ3v) is 3.12. The Morgan fingerprint density at radius 3 is 2.50 bits per heavy atom. The number of carbonyl (C=O) groups excluding carboxylic acids is 1. The summed E-state index contributed by atoms with van der Waals surface area (Å²) in [7, 11) is 0. The summed E-state index contributed by atoms with van der Waals surface area (Å²) in [6, 6.07) is 6.94. The Morgan fingerprint density at radius 2 is 1.80 bits per heavy atom. The van der Waals surface area contributed by atoms with Crippen molar-refractivity contribution >= 4 is 21.8 Å². The van der Waals surface area contributed by atoms with Gasteiger partial charge in [0.15, 0.2) is 0 Å². The van der Waals surface area contributed by atoms with Gasteiger partial charge in [0.25, 0.3) is 5.91 Å². The number of amides is 1. The van der Waals surface area contributed by atoms with Crippen LogP contribution in [0.3, 0.4) is 0 Å². The number of benzene rings is 2. The van der Waals surface area contributed by atoms with Crippen molar-refractivity contribution in [2.24, 2.45) is 0 Å². The van der Waals surface area contributed by atoms with E-state index in [-0.39, 0.29) is 17.7 Å². The molecule has 0 spiro atoms. The first-order valence-electron chi connectivity index (χ1n) is 5.64. The predicted molar refractivity (Wildman–Crippen MR) is 71.6 cm³/mol. The van der Waals surface area contributed by atoms with Crippen LogP contribution in [-0.4, -0.2) is 5.91 Å². The van der Waals surface area contributed by atoms with Crippen LogP contribution >= 0.6 is 15.9 Å². The number of halogens is 4. The minimum absolute atomic E-state index is 0.0963. The molecule has 20 heavy (non-hydrogen) atoms. The summed E-state index contributed by atoms with van der Waals surface area (Å²) in [5, 5.41) is 2.38. The molecule has 1 N–H and O–H groups in total. The maximum atomic E-state index is 13.5. The van der Waals surface area contributed by atoms with E-state index in [1.54, 1.807) is 0 Å². The Morgan fingerprint density at radius 1 is 1.05 bits per heavy atom. The minimum Gasteiger partial charge on any atom is -0.348 e. The Hall–Kier alpha value is -1.82. The largest absolute Gasteiger partial charge is 0.348 e. The number of carbonyl (C=O) groups is 1. The van der Waals surface area contributed by atoms with Gasteiger partial charge in [-0.3, -0.25) is 4.79 Å². The first-order valence-corrected chi connectivity index (χ1v) is 6.44. The van der Waals surface area contributed by atoms with Crippen LogP contribution in [0.5, 0.6) is 0 Å². The molecule has 0 aliphatic heterocycles. The Kier molecular flexibility index (Phi) is 4.44. The summed E-state index contributed by atoms with van der Waals surface area (Å²) < 4.78 is 40.2. The molecule has 0 atom stereocenters. The Bertz CT molecular complexity index is 661. The van der Waals surface area contributed by atoms with Gasteiger partial charge in [-0.05, 0) is 30.3 Å². The Labute approximate surface area is 121 Å². The molecule has 0 saturated heterocycles. The quantitative estimate of drug-likeness (QED) is 0.902. The Balaban J connectivity index is 2.10. The number of rotatable bonds is 3. The molecule has 0 radical (unpaired) electrons. The standard InChI is InChI=1S/C14H9BrF3NO/c15-9-1-4-12(17)8(5-9)7-19-14(20)11-3-2-10(16)6-13(11)18/h1-6H,7H2,(H,19,20). The molecule has 0 bridgehead atoms. The second kappa shape index (κ2) is 6.09. The molecule has 1 amide bonds. The number of hydrogen-bond donors (Lipinski definition) is 1. The lowest BCUT2D eigenvalue weighted by atomic mass is 10.1. The van der Waals surface area contributed by atoms with Gasteiger partial charge in [0.05, 0.1) is 5.56 Å². The van der Waals surface area contributed by atoms with Crippen molar-refractivity contribution in [2.75, 3.05) is 0 Å². The lowest BCUT2D eigenvalue weighted by Crippen LogP contribution is -2.24. The van der Waals surface area contributed by atoms with Gasteiger partial charge in [-0.1, -0.05) is 15.9 Å². The summed E-state index contributed by atoms with van der Waals surface area (Å²) in [5.74, 6) is -2.94. The van der Waals surface area contributed by atoms with E-state index >= 15 is 0 Å². The van der Waals surface area contributed by atoms with Gasteiger partial charge in [-0.15, -0.1) is 0 Å². The van der Waals surface area contributed by atoms with E-state index in [2.05, 4.69) is 21.2 Å². The van der Waals surface area contributed by atoms with Crippen molar-refractivity contribution in [1.29, 1.82) is 0 Å². The predicted octanol–water partition coefficient (Wildman–Crippen LogP) is 3.80. The van der Waals surface area contributed by atoms with Gasteiger partial charge < -0.3 is 5.32 Å². The molecule has 0 unspecified atom stereocenters. The van der Waals surface area contributed by atoms with E-state index in [0.29, 0.717) is 10.5 Å². The summed E-state index contributed by atoms with van der Waals surface area (Å²) in [4.78, 5) is 11.7. The zero-order valence-electron chi connectivity index (χ0n) is 10.1. The first kappa shape index (κ1) is 14.6. The third kappa shape index (κ3) is 3.39. The highest BCUT2D eigenvalue weighted by Crippen LogP contribution is 2.16. The molecule has 0 aliphatic rings. The van der Waals surface area contributed by atoms with Crippen molar-refractivity contribution in [1.82, 2.24) is 5.32 Å². The SMILES string of the molecule is O=C(NCc1cc(Br)ccc1F)c1ccc(F)cc1F. The molecule has 2 aromatic carbocycles. The van der Waals surface area contributed by atoms with E-state index in [0.717, 1.165) is 12.1 Å². The number of hydrogen-bond acceptors (Lipinski definition) is 1. The van der Waals surface area contributed by atoms with Crippen LogP contribution in [0.2, 0.25) is 0 Å². The molecular formula is C14H9BrF3NO. The van der Waals surface area contributed by atoms with E-state index in [9.17, 15) is 18.0 Å². The van der Waals surface area contributed by atoms with Crippen LogP contribution in [0.4, 0.5) is 13.2 Å². The average Bonchev–Trinajstić information content (AvgIpc) is 2.39. The highest BCUT2D eigenvalue weighted by molar-refractivity contribution is 9.10. The highest BCUT2D eigenvalue weighted by atomic mass is 79.9. The molecule has 6 heteroatoms. The van der Waals surface area contributed by atoms with Crippen molar-refractivity contribution in [3.63, 3.8) is 0 Å². The molecule has 0 aromatic heterocycles. The monoisotopic (exact) mass is 343 g/mol. The summed E-state index contributed by atoms with van der Waals surface area (Å²) >= 11 is 3.19. The molecule has 2 nitrogen and oxygen atoms in total. The lowest BCUT2D eigenvalue weighted by Gasteiger charge is -2.07. The van der Waals surface area contributed by atoms with Gasteiger partial charge in [-0.25, -0.2) is 13.2 Å². The zero-order chi connectivity index (χ0) is 14.7. The zero-order valence-corrected chi connectivity index (χ0v) is 11.7. The van der Waals surface area contributed by atoms with Crippen LogP contribution in [-0.2, 0) is 6.54 Å². The van der Waals surface area contributed by atoms with Gasteiger partial charge in [-0.2, -0.15) is 0 Å². The van der Waals surface area contributed by atoms with Crippen molar-refractivity contribution in [2.45, 2.75) is 6.54 Å². The number of nitrogens with one attached hydrogen (secondary N) is 1. The highest BCUT2D eigenvalue weighted by Gasteiger charge is 2.13. The van der Waals surface area contributed by atoms with E-state index in [4.69, 9.17) is 0 Å². The van der Waals surface area contributed by atoms with E-state index in [1.807, 2.05) is 0 Å². The summed E-state index contributed by atoms with van der Waals surface area (Å²) in [6.07, 6.45) is 0. The lowest BCUT2D eigenvalue weighted by molar-refractivity contribution is 0.0946. The van der Waals surface area contributed by atoms with Crippen LogP contribution in [0.15, 0.2) is 40.9 Å². The molecule has 0 aliphatic carbocycles. The minimum atomic E-state index is -0.961. The van der Waals surface area contributed by atoms with Crippen LogP contribution in [0.25, 0.3) is 0 Å². The normalized spacial score (nSPS) is 10.4. The van der Waals surface area contributed by atoms with Gasteiger partial charge in [0.1, 0.15) is 17.5 Å². The van der Waals surface area contributed by atoms with Gasteiger partial charge in [0, 0.05) is 22.6 Å². The maximum absolute atomic E-state index is 13.5. The molecule has 2 aromatic rings. The summed E-state index contributed by atoms with van der Waals surface area (Å²) in [6.45, 7) is -0.0963.